The first-order valence-corrected chi connectivity index (χ1v) is 8.15. The van der Waals surface area contributed by atoms with Crippen LogP contribution in [0.25, 0.3) is 0 Å². The fourth-order valence-electron chi connectivity index (χ4n) is 4.28. The van der Waals surface area contributed by atoms with Gasteiger partial charge in [0.25, 0.3) is 0 Å². The molecule has 0 aromatic heterocycles. The van der Waals surface area contributed by atoms with Crippen molar-refractivity contribution in [1.82, 2.24) is 14.7 Å². The Morgan fingerprint density at radius 1 is 1.18 bits per heavy atom. The van der Waals surface area contributed by atoms with Crippen molar-refractivity contribution in [2.75, 3.05) is 72.9 Å². The number of carbonyl (C=O) groups is 1. The normalized spacial score (nSPS) is 32.4. The summed E-state index contributed by atoms with van der Waals surface area (Å²) in [7, 11) is 1.58. The van der Waals surface area contributed by atoms with Crippen LogP contribution in [0.4, 0.5) is 0 Å². The van der Waals surface area contributed by atoms with E-state index >= 15 is 0 Å². The Bertz CT molecular complexity index is 437. The van der Waals surface area contributed by atoms with Gasteiger partial charge in [-0.1, -0.05) is 0 Å². The Labute approximate surface area is 131 Å². The van der Waals surface area contributed by atoms with Crippen LogP contribution in [0, 0.1) is 0 Å². The van der Waals surface area contributed by atoms with Gasteiger partial charge in [0.2, 0.25) is 5.91 Å². The molecule has 0 N–H and O–H groups in total. The number of amides is 1. The highest BCUT2D eigenvalue weighted by Crippen LogP contribution is 2.37. The zero-order valence-corrected chi connectivity index (χ0v) is 13.2. The van der Waals surface area contributed by atoms with E-state index in [1.54, 1.807) is 7.11 Å². The maximum Gasteiger partial charge on any atom is 0.248 e. The molecule has 1 amide bonds. The van der Waals surface area contributed by atoms with Crippen LogP contribution < -0.4 is 0 Å². The van der Waals surface area contributed by atoms with E-state index in [9.17, 15) is 4.79 Å². The van der Waals surface area contributed by atoms with Crippen LogP contribution in [0.5, 0.6) is 0 Å². The number of carbonyl (C=O) groups excluding carboxylic acids is 1. The SMILES string of the molecule is COCC(=O)N1CC2COCCN2C2(C1)CN(C1COC1)C2. The van der Waals surface area contributed by atoms with Gasteiger partial charge in [0.15, 0.2) is 0 Å². The number of piperazine rings is 1. The number of methoxy groups -OCH3 is 1. The van der Waals surface area contributed by atoms with Gasteiger partial charge in [-0.3, -0.25) is 14.6 Å². The topological polar surface area (TPSA) is 54.5 Å². The fraction of sp³-hybridized carbons (Fsp3) is 0.933. The zero-order chi connectivity index (χ0) is 15.2. The minimum Gasteiger partial charge on any atom is -0.378 e. The van der Waals surface area contributed by atoms with Crippen LogP contribution >= 0.6 is 0 Å². The maximum atomic E-state index is 12.3. The number of fused-ring (bicyclic) bond motifs is 2. The van der Waals surface area contributed by atoms with Gasteiger partial charge in [-0.15, -0.1) is 0 Å². The number of morpholine rings is 1. The molecule has 7 nitrogen and oxygen atoms in total. The Kier molecular flexibility index (Phi) is 3.86. The van der Waals surface area contributed by atoms with E-state index in [1.165, 1.54) is 0 Å². The highest BCUT2D eigenvalue weighted by Gasteiger charge is 2.56. The average Bonchev–Trinajstić information content (AvgIpc) is 2.43. The summed E-state index contributed by atoms with van der Waals surface area (Å²) in [5.74, 6) is 0.0949. The highest BCUT2D eigenvalue weighted by atomic mass is 16.5. The molecule has 7 heteroatoms. The highest BCUT2D eigenvalue weighted by molar-refractivity contribution is 5.77. The number of hydrogen-bond acceptors (Lipinski definition) is 6. The van der Waals surface area contributed by atoms with Gasteiger partial charge in [-0.2, -0.15) is 0 Å². The summed E-state index contributed by atoms with van der Waals surface area (Å²) in [5, 5.41) is 0. The lowest BCUT2D eigenvalue weighted by molar-refractivity contribution is -0.199. The summed E-state index contributed by atoms with van der Waals surface area (Å²) >= 11 is 0. The van der Waals surface area contributed by atoms with Gasteiger partial charge in [-0.25, -0.2) is 0 Å². The quantitative estimate of drug-likeness (QED) is 0.641. The van der Waals surface area contributed by atoms with Crippen LogP contribution in [0.2, 0.25) is 0 Å². The van der Waals surface area contributed by atoms with Crippen LogP contribution in [0.15, 0.2) is 0 Å². The van der Waals surface area contributed by atoms with Crippen LogP contribution in [0.1, 0.15) is 0 Å². The Balaban J connectivity index is 1.48. The predicted molar refractivity (Wildman–Crippen MR) is 78.7 cm³/mol. The van der Waals surface area contributed by atoms with Gasteiger partial charge in [0, 0.05) is 39.8 Å². The Hall–Kier alpha value is -0.730. The molecule has 22 heavy (non-hydrogen) atoms. The van der Waals surface area contributed by atoms with Crippen LogP contribution in [-0.2, 0) is 19.0 Å². The standard InChI is InChI=1S/C15H25N3O4/c1-20-8-14(19)16-4-12-5-21-3-2-18(12)15(9-16)10-17(11-15)13-6-22-7-13/h12-13H,2-11H2,1H3. The summed E-state index contributed by atoms with van der Waals surface area (Å²) in [6, 6.07) is 0.901. The van der Waals surface area contributed by atoms with E-state index in [4.69, 9.17) is 14.2 Å². The van der Waals surface area contributed by atoms with E-state index in [1.807, 2.05) is 4.90 Å². The van der Waals surface area contributed by atoms with E-state index < -0.39 is 0 Å². The lowest BCUT2D eigenvalue weighted by Crippen LogP contribution is -2.82. The Morgan fingerprint density at radius 2 is 1.95 bits per heavy atom. The second kappa shape index (κ2) is 5.72. The molecule has 0 aromatic rings. The zero-order valence-electron chi connectivity index (χ0n) is 13.2. The van der Waals surface area contributed by atoms with E-state index in [2.05, 4.69) is 9.80 Å². The summed E-state index contributed by atoms with van der Waals surface area (Å²) in [4.78, 5) is 19.4. The molecule has 0 aromatic carbocycles. The average molecular weight is 311 g/mol. The molecule has 1 unspecified atom stereocenters. The summed E-state index contributed by atoms with van der Waals surface area (Å²) in [6.07, 6.45) is 0. The third kappa shape index (κ3) is 2.35. The Morgan fingerprint density at radius 3 is 2.64 bits per heavy atom. The van der Waals surface area contributed by atoms with Gasteiger partial charge in [0.05, 0.1) is 44.1 Å². The van der Waals surface area contributed by atoms with Gasteiger partial charge in [-0.05, 0) is 0 Å². The van der Waals surface area contributed by atoms with Crippen molar-refractivity contribution in [2.24, 2.45) is 0 Å². The smallest absolute Gasteiger partial charge is 0.248 e. The van der Waals surface area contributed by atoms with Crippen molar-refractivity contribution in [3.63, 3.8) is 0 Å². The third-order valence-electron chi connectivity index (χ3n) is 5.51. The molecule has 1 spiro atoms. The number of ether oxygens (including phenoxy) is 3. The molecule has 4 saturated heterocycles. The number of hydrogen-bond donors (Lipinski definition) is 0. The minimum absolute atomic E-state index is 0.0949. The van der Waals surface area contributed by atoms with E-state index in [0.717, 1.165) is 59.2 Å². The summed E-state index contributed by atoms with van der Waals surface area (Å²) < 4.78 is 16.0. The fourth-order valence-corrected chi connectivity index (χ4v) is 4.28. The maximum absolute atomic E-state index is 12.3. The van der Waals surface area contributed by atoms with Crippen molar-refractivity contribution >= 4 is 5.91 Å². The number of rotatable bonds is 3. The first-order valence-electron chi connectivity index (χ1n) is 8.15. The molecule has 0 aliphatic carbocycles. The first kappa shape index (κ1) is 14.8. The molecular weight excluding hydrogens is 286 g/mol. The molecule has 4 aliphatic rings. The van der Waals surface area contributed by atoms with E-state index in [0.29, 0.717) is 12.1 Å². The van der Waals surface area contributed by atoms with Gasteiger partial charge < -0.3 is 19.1 Å². The van der Waals surface area contributed by atoms with Crippen molar-refractivity contribution in [2.45, 2.75) is 17.6 Å². The molecule has 4 aliphatic heterocycles. The number of likely N-dealkylation sites (tertiary alicyclic amines) is 1. The molecule has 4 heterocycles. The molecule has 0 radical (unpaired) electrons. The molecule has 4 rings (SSSR count). The predicted octanol–water partition coefficient (Wildman–Crippen LogP) is -1.37. The monoisotopic (exact) mass is 311 g/mol. The van der Waals surface area contributed by atoms with E-state index in [-0.39, 0.29) is 18.1 Å². The summed E-state index contributed by atoms with van der Waals surface area (Å²) in [5.41, 5.74) is 0.103. The second-order valence-electron chi connectivity index (χ2n) is 6.95. The molecule has 0 saturated carbocycles. The second-order valence-corrected chi connectivity index (χ2v) is 6.95. The lowest BCUT2D eigenvalue weighted by atomic mass is 9.81. The van der Waals surface area contributed by atoms with Crippen molar-refractivity contribution in [1.29, 1.82) is 0 Å². The molecule has 0 bridgehead atoms. The molecule has 1 atom stereocenters. The van der Waals surface area contributed by atoms with Crippen molar-refractivity contribution in [3.8, 4) is 0 Å². The van der Waals surface area contributed by atoms with Gasteiger partial charge >= 0.3 is 0 Å². The van der Waals surface area contributed by atoms with Crippen LogP contribution in [0.3, 0.4) is 0 Å². The summed E-state index contributed by atoms with van der Waals surface area (Å²) in [6.45, 7) is 8.04. The van der Waals surface area contributed by atoms with Crippen molar-refractivity contribution in [3.05, 3.63) is 0 Å². The molecular formula is C15H25N3O4. The molecule has 124 valence electrons. The van der Waals surface area contributed by atoms with Gasteiger partial charge in [0.1, 0.15) is 6.61 Å². The van der Waals surface area contributed by atoms with Crippen LogP contribution in [-0.4, -0.2) is 111 Å². The molecule has 4 fully saturated rings. The largest absolute Gasteiger partial charge is 0.378 e. The third-order valence-corrected chi connectivity index (χ3v) is 5.51. The van der Waals surface area contributed by atoms with Crippen molar-refractivity contribution < 1.29 is 19.0 Å². The first-order chi connectivity index (χ1) is 10.7. The lowest BCUT2D eigenvalue weighted by Gasteiger charge is -2.65. The number of nitrogens with zero attached hydrogens (tertiary/aromatic N) is 3. The minimum atomic E-state index is 0.0949.